The van der Waals surface area contributed by atoms with Crippen LogP contribution < -0.4 is 16.4 Å². The molecule has 1 aliphatic heterocycles. The van der Waals surface area contributed by atoms with Gasteiger partial charge in [0.15, 0.2) is 5.69 Å². The molecule has 1 saturated heterocycles. The van der Waals surface area contributed by atoms with Crippen molar-refractivity contribution in [3.63, 3.8) is 0 Å². The number of primary amides is 1. The highest BCUT2D eigenvalue weighted by Gasteiger charge is 2.31. The van der Waals surface area contributed by atoms with Crippen LogP contribution in [-0.4, -0.2) is 58.6 Å². The van der Waals surface area contributed by atoms with E-state index in [0.717, 1.165) is 24.8 Å². The van der Waals surface area contributed by atoms with Crippen LogP contribution in [0.4, 0.5) is 10.2 Å². The van der Waals surface area contributed by atoms with Gasteiger partial charge in [-0.3, -0.25) is 4.79 Å². The monoisotopic (exact) mass is 451 g/mol. The lowest BCUT2D eigenvalue weighted by Gasteiger charge is -2.14. The van der Waals surface area contributed by atoms with Crippen LogP contribution in [-0.2, 0) is 4.74 Å². The van der Waals surface area contributed by atoms with E-state index in [-0.39, 0.29) is 28.9 Å². The van der Waals surface area contributed by atoms with Gasteiger partial charge in [-0.25, -0.2) is 14.1 Å². The van der Waals surface area contributed by atoms with Gasteiger partial charge in [0, 0.05) is 38.9 Å². The Kier molecular flexibility index (Phi) is 5.52. The Morgan fingerprint density at radius 1 is 1.36 bits per heavy atom. The zero-order valence-corrected chi connectivity index (χ0v) is 18.6. The second kappa shape index (κ2) is 8.50. The molecule has 9 nitrogen and oxygen atoms in total. The molecule has 1 amide bonds. The molecule has 2 aromatic heterocycles. The first-order chi connectivity index (χ1) is 16.0. The molecule has 10 heteroatoms. The van der Waals surface area contributed by atoms with E-state index in [1.807, 2.05) is 4.57 Å². The highest BCUT2D eigenvalue weighted by atomic mass is 19.1. The Labute approximate surface area is 190 Å². The summed E-state index contributed by atoms with van der Waals surface area (Å²) in [5.74, 6) is 5.12. The molecule has 2 atom stereocenters. The molecule has 0 radical (unpaired) electrons. The number of halogens is 1. The molecule has 5 rings (SSSR count). The van der Waals surface area contributed by atoms with Crippen LogP contribution in [0.5, 0.6) is 0 Å². The minimum absolute atomic E-state index is 0.000671. The maximum Gasteiger partial charge on any atom is 0.255 e. The Morgan fingerprint density at radius 3 is 2.88 bits per heavy atom. The van der Waals surface area contributed by atoms with Crippen molar-refractivity contribution >= 4 is 22.8 Å². The number of methoxy groups -OCH3 is 1. The van der Waals surface area contributed by atoms with Crippen molar-refractivity contribution in [2.75, 3.05) is 32.6 Å². The standard InChI is InChI=1S/C23H26FN7O2/c1-26-23-21(22(25)32)18(29-31(23)16-8-14(11-33-2)27-10-16)6-3-13-7-19-20(9-17(13)24)30(12-28-19)15-4-5-15/h7,9,12,14-16,26-27H,4-5,8,10-11H2,1-2H3,(H2,25,32)/t14-,16+/m1/s1. The van der Waals surface area contributed by atoms with Crippen molar-refractivity contribution in [1.29, 1.82) is 0 Å². The minimum Gasteiger partial charge on any atom is -0.383 e. The summed E-state index contributed by atoms with van der Waals surface area (Å²) in [6, 6.07) is 3.70. The van der Waals surface area contributed by atoms with Gasteiger partial charge in [0.2, 0.25) is 0 Å². The second-order valence-corrected chi connectivity index (χ2v) is 8.53. The number of hydrogen-bond donors (Lipinski definition) is 3. The first-order valence-electron chi connectivity index (χ1n) is 11.0. The number of imidazole rings is 1. The molecule has 2 aliphatic rings. The van der Waals surface area contributed by atoms with Gasteiger partial charge in [0.25, 0.3) is 5.91 Å². The van der Waals surface area contributed by atoms with Crippen LogP contribution in [0.3, 0.4) is 0 Å². The lowest BCUT2D eigenvalue weighted by Crippen LogP contribution is -2.25. The smallest absolute Gasteiger partial charge is 0.255 e. The molecule has 2 fully saturated rings. The van der Waals surface area contributed by atoms with E-state index in [0.29, 0.717) is 30.5 Å². The summed E-state index contributed by atoms with van der Waals surface area (Å²) in [4.78, 5) is 16.7. The van der Waals surface area contributed by atoms with Gasteiger partial charge in [-0.05, 0) is 31.2 Å². The normalized spacial score (nSPS) is 20.1. The first kappa shape index (κ1) is 21.4. The molecule has 1 saturated carbocycles. The molecule has 0 unspecified atom stereocenters. The summed E-state index contributed by atoms with van der Waals surface area (Å²) >= 11 is 0. The summed E-state index contributed by atoms with van der Waals surface area (Å²) in [6.07, 6.45) is 4.70. The Hall–Kier alpha value is -3.42. The highest BCUT2D eigenvalue weighted by molar-refractivity contribution is 6.00. The predicted molar refractivity (Wildman–Crippen MR) is 122 cm³/mol. The predicted octanol–water partition coefficient (Wildman–Crippen LogP) is 1.80. The van der Waals surface area contributed by atoms with E-state index in [9.17, 15) is 9.18 Å². The number of fused-ring (bicyclic) bond motifs is 1. The molecule has 172 valence electrons. The maximum absolute atomic E-state index is 14.8. The van der Waals surface area contributed by atoms with Crippen molar-refractivity contribution < 1.29 is 13.9 Å². The quantitative estimate of drug-likeness (QED) is 0.493. The number of hydrogen-bond acceptors (Lipinski definition) is 6. The third-order valence-corrected chi connectivity index (χ3v) is 6.23. The summed E-state index contributed by atoms with van der Waals surface area (Å²) in [5.41, 5.74) is 7.72. The number of anilines is 1. The molecule has 1 aliphatic carbocycles. The zero-order valence-electron chi connectivity index (χ0n) is 18.6. The first-order valence-corrected chi connectivity index (χ1v) is 11.0. The number of ether oxygens (including phenoxy) is 1. The number of amides is 1. The highest BCUT2D eigenvalue weighted by Crippen LogP contribution is 2.37. The molecular weight excluding hydrogens is 425 g/mol. The van der Waals surface area contributed by atoms with Gasteiger partial charge in [-0.15, -0.1) is 0 Å². The number of nitrogens with two attached hydrogens (primary N) is 1. The number of nitrogens with one attached hydrogen (secondary N) is 2. The molecule has 1 aromatic carbocycles. The molecule has 3 heterocycles. The number of nitrogens with zero attached hydrogens (tertiary/aromatic N) is 4. The van der Waals surface area contributed by atoms with Crippen LogP contribution in [0.25, 0.3) is 11.0 Å². The third-order valence-electron chi connectivity index (χ3n) is 6.23. The van der Waals surface area contributed by atoms with E-state index in [4.69, 9.17) is 10.5 Å². The van der Waals surface area contributed by atoms with Crippen molar-refractivity contribution in [3.05, 3.63) is 41.1 Å². The molecular formula is C23H26FN7O2. The summed E-state index contributed by atoms with van der Waals surface area (Å²) in [5, 5.41) is 11.0. The average molecular weight is 452 g/mol. The van der Waals surface area contributed by atoms with Crippen molar-refractivity contribution in [2.45, 2.75) is 37.4 Å². The Balaban J connectivity index is 1.51. The fourth-order valence-electron chi connectivity index (χ4n) is 4.49. The van der Waals surface area contributed by atoms with Crippen molar-refractivity contribution in [1.82, 2.24) is 24.6 Å². The van der Waals surface area contributed by atoms with Crippen molar-refractivity contribution in [2.24, 2.45) is 5.73 Å². The Morgan fingerprint density at radius 2 is 2.18 bits per heavy atom. The second-order valence-electron chi connectivity index (χ2n) is 8.53. The van der Waals surface area contributed by atoms with Gasteiger partial charge in [0.1, 0.15) is 17.2 Å². The van der Waals surface area contributed by atoms with Crippen molar-refractivity contribution in [3.8, 4) is 11.8 Å². The summed E-state index contributed by atoms with van der Waals surface area (Å²) < 4.78 is 23.8. The molecule has 0 bridgehead atoms. The largest absolute Gasteiger partial charge is 0.383 e. The van der Waals surface area contributed by atoms with Crippen LogP contribution in [0, 0.1) is 17.7 Å². The van der Waals surface area contributed by atoms with Gasteiger partial charge >= 0.3 is 0 Å². The average Bonchev–Trinajstić information content (AvgIpc) is 3.22. The Bertz CT molecular complexity index is 1280. The van der Waals surface area contributed by atoms with Gasteiger partial charge in [-0.1, -0.05) is 5.92 Å². The summed E-state index contributed by atoms with van der Waals surface area (Å²) in [7, 11) is 3.36. The summed E-state index contributed by atoms with van der Waals surface area (Å²) in [6.45, 7) is 1.25. The fourth-order valence-corrected chi connectivity index (χ4v) is 4.49. The number of rotatable bonds is 6. The van der Waals surface area contributed by atoms with Gasteiger partial charge in [-0.2, -0.15) is 5.10 Å². The lowest BCUT2D eigenvalue weighted by molar-refractivity contribution is 0.100. The van der Waals surface area contributed by atoms with E-state index in [1.165, 1.54) is 6.07 Å². The zero-order chi connectivity index (χ0) is 23.1. The third kappa shape index (κ3) is 3.94. The fraction of sp³-hybridized carbons (Fsp3) is 0.435. The van der Waals surface area contributed by atoms with E-state index < -0.39 is 11.7 Å². The topological polar surface area (TPSA) is 112 Å². The SMILES string of the molecule is CNc1c(C(N)=O)c(C#Cc2cc3ncn(C4CC4)c3cc2F)nn1[C@@H]1CN[C@@H](COC)C1. The van der Waals surface area contributed by atoms with E-state index in [2.05, 4.69) is 32.6 Å². The molecule has 33 heavy (non-hydrogen) atoms. The number of carbonyl (C=O) groups is 1. The van der Waals surface area contributed by atoms with Crippen LogP contribution >= 0.6 is 0 Å². The number of benzene rings is 1. The number of aromatic nitrogens is 4. The minimum atomic E-state index is -0.645. The number of carbonyl (C=O) groups excluding carboxylic acids is 1. The van der Waals surface area contributed by atoms with Gasteiger partial charge < -0.3 is 25.7 Å². The van der Waals surface area contributed by atoms with Crippen LogP contribution in [0.15, 0.2) is 18.5 Å². The molecule has 3 aromatic rings. The molecule has 0 spiro atoms. The van der Waals surface area contributed by atoms with E-state index in [1.54, 1.807) is 31.2 Å². The lowest BCUT2D eigenvalue weighted by atomic mass is 10.1. The van der Waals surface area contributed by atoms with Gasteiger partial charge in [0.05, 0.1) is 35.6 Å². The van der Waals surface area contributed by atoms with E-state index >= 15 is 0 Å². The molecule has 4 N–H and O–H groups in total. The maximum atomic E-state index is 14.8. The van der Waals surface area contributed by atoms with Crippen LogP contribution in [0.1, 0.15) is 53.0 Å². The van der Waals surface area contributed by atoms with Crippen LogP contribution in [0.2, 0.25) is 0 Å².